The minimum Gasteiger partial charge on any atom is -0.364 e. The molecular formula is C20H21NO4S2. The number of hydrogen-bond donors (Lipinski definition) is 1. The van der Waals surface area contributed by atoms with Crippen LogP contribution < -0.4 is 0 Å². The molecule has 0 aliphatic carbocycles. The van der Waals surface area contributed by atoms with Gasteiger partial charge in [0.05, 0.1) is 20.4 Å². The lowest BCUT2D eigenvalue weighted by molar-refractivity contribution is 0.594. The molecule has 1 aromatic heterocycles. The van der Waals surface area contributed by atoms with Gasteiger partial charge in [0, 0.05) is 18.3 Å². The molecule has 0 saturated heterocycles. The van der Waals surface area contributed by atoms with Gasteiger partial charge in [0.1, 0.15) is 0 Å². The van der Waals surface area contributed by atoms with E-state index in [2.05, 4.69) is 4.98 Å². The highest BCUT2D eigenvalue weighted by molar-refractivity contribution is 7.91. The van der Waals surface area contributed by atoms with Gasteiger partial charge in [-0.1, -0.05) is 35.4 Å². The fourth-order valence-electron chi connectivity index (χ4n) is 2.68. The van der Waals surface area contributed by atoms with Gasteiger partial charge < -0.3 is 4.98 Å². The summed E-state index contributed by atoms with van der Waals surface area (Å²) in [6, 6.07) is 14.8. The maximum Gasteiger partial charge on any atom is 0.208 e. The predicted molar refractivity (Wildman–Crippen MR) is 104 cm³/mol. The lowest BCUT2D eigenvalue weighted by atomic mass is 10.2. The van der Waals surface area contributed by atoms with Crippen molar-refractivity contribution >= 4 is 19.7 Å². The summed E-state index contributed by atoms with van der Waals surface area (Å²) in [5.74, 6) is -0.0966. The van der Waals surface area contributed by atoms with Crippen molar-refractivity contribution in [2.45, 2.75) is 35.0 Å². The molecule has 5 nitrogen and oxygen atoms in total. The van der Waals surface area contributed by atoms with Crippen LogP contribution in [0.3, 0.4) is 0 Å². The maximum atomic E-state index is 12.7. The van der Waals surface area contributed by atoms with Crippen molar-refractivity contribution in [3.05, 3.63) is 77.6 Å². The minimum absolute atomic E-state index is 0.0966. The summed E-state index contributed by atoms with van der Waals surface area (Å²) in [5.41, 5.74) is 2.53. The third-order valence-electron chi connectivity index (χ3n) is 4.38. The van der Waals surface area contributed by atoms with Gasteiger partial charge in [-0.25, -0.2) is 16.8 Å². The number of aromatic nitrogens is 1. The van der Waals surface area contributed by atoms with E-state index >= 15 is 0 Å². The molecule has 0 aliphatic rings. The Labute approximate surface area is 159 Å². The third-order valence-corrected chi connectivity index (χ3v) is 7.86. The first kappa shape index (κ1) is 19.4. The highest BCUT2D eigenvalue weighted by Gasteiger charge is 2.20. The molecule has 0 saturated carbocycles. The van der Waals surface area contributed by atoms with Gasteiger partial charge in [0.25, 0.3) is 0 Å². The molecule has 0 spiro atoms. The van der Waals surface area contributed by atoms with E-state index in [1.54, 1.807) is 48.5 Å². The first-order valence-corrected chi connectivity index (χ1v) is 11.6. The smallest absolute Gasteiger partial charge is 0.208 e. The van der Waals surface area contributed by atoms with Crippen molar-refractivity contribution in [3.8, 4) is 0 Å². The number of rotatable bonds is 6. The van der Waals surface area contributed by atoms with Crippen LogP contribution >= 0.6 is 0 Å². The number of benzene rings is 2. The molecule has 3 rings (SSSR count). The van der Waals surface area contributed by atoms with Crippen LogP contribution in [0.25, 0.3) is 0 Å². The first-order valence-electron chi connectivity index (χ1n) is 8.47. The van der Waals surface area contributed by atoms with E-state index in [9.17, 15) is 16.8 Å². The summed E-state index contributed by atoms with van der Waals surface area (Å²) in [4.78, 5) is 3.50. The van der Waals surface area contributed by atoms with Crippen LogP contribution in [0.4, 0.5) is 0 Å². The second kappa shape index (κ2) is 7.32. The van der Waals surface area contributed by atoms with Crippen LogP contribution in [-0.4, -0.2) is 27.6 Å². The molecule has 0 aliphatic heterocycles. The Hall–Kier alpha value is -2.38. The van der Waals surface area contributed by atoms with Crippen LogP contribution in [0.1, 0.15) is 16.8 Å². The second-order valence-electron chi connectivity index (χ2n) is 6.56. The number of aromatic amines is 1. The Morgan fingerprint density at radius 3 is 1.81 bits per heavy atom. The largest absolute Gasteiger partial charge is 0.364 e. The summed E-state index contributed by atoms with van der Waals surface area (Å²) in [6.45, 7) is 3.78. The van der Waals surface area contributed by atoms with E-state index < -0.39 is 19.7 Å². The standard InChI is InChI=1S/C20H21NO4S2/c1-15-3-7-18(8-4-15)26(22,23)12-11-17-13-20(14-21-17)27(24,25)19-9-5-16(2)6-10-19/h3-10,13-14,21H,11-12H2,1-2H3. The minimum atomic E-state index is -3.63. The zero-order valence-corrected chi connectivity index (χ0v) is 16.8. The van der Waals surface area contributed by atoms with Crippen LogP contribution in [0.2, 0.25) is 0 Å². The van der Waals surface area contributed by atoms with Crippen molar-refractivity contribution in [1.29, 1.82) is 0 Å². The lowest BCUT2D eigenvalue weighted by Gasteiger charge is -2.04. The normalized spacial score (nSPS) is 12.2. The quantitative estimate of drug-likeness (QED) is 0.683. The van der Waals surface area contributed by atoms with Gasteiger partial charge in [0.2, 0.25) is 9.84 Å². The van der Waals surface area contributed by atoms with Crippen LogP contribution in [0, 0.1) is 13.8 Å². The van der Waals surface area contributed by atoms with Gasteiger partial charge in [-0.2, -0.15) is 0 Å². The van der Waals surface area contributed by atoms with Crippen LogP contribution in [0.15, 0.2) is 75.5 Å². The highest BCUT2D eigenvalue weighted by atomic mass is 32.2. The Morgan fingerprint density at radius 2 is 1.26 bits per heavy atom. The summed E-state index contributed by atoms with van der Waals surface area (Å²) in [6.07, 6.45) is 1.61. The SMILES string of the molecule is Cc1ccc(S(=O)(=O)CCc2cc(S(=O)(=O)c3ccc(C)cc3)c[nH]2)cc1. The molecule has 0 fully saturated rings. The Kier molecular flexibility index (Phi) is 5.26. The molecule has 0 atom stereocenters. The third kappa shape index (κ3) is 4.31. The molecular weight excluding hydrogens is 382 g/mol. The van der Waals surface area contributed by atoms with Gasteiger partial charge in [-0.15, -0.1) is 0 Å². The highest BCUT2D eigenvalue weighted by Crippen LogP contribution is 2.22. The van der Waals surface area contributed by atoms with E-state index in [0.717, 1.165) is 11.1 Å². The summed E-state index contributed by atoms with van der Waals surface area (Å²) in [7, 11) is -7.05. The first-order chi connectivity index (χ1) is 12.7. The molecule has 0 bridgehead atoms. The van der Waals surface area contributed by atoms with E-state index in [1.807, 2.05) is 13.8 Å². The average Bonchev–Trinajstić information content (AvgIpc) is 3.11. The van der Waals surface area contributed by atoms with Crippen molar-refractivity contribution in [2.75, 3.05) is 5.75 Å². The van der Waals surface area contributed by atoms with Gasteiger partial charge >= 0.3 is 0 Å². The molecule has 1 heterocycles. The topological polar surface area (TPSA) is 84.1 Å². The van der Waals surface area contributed by atoms with Crippen molar-refractivity contribution in [1.82, 2.24) is 4.98 Å². The number of sulfone groups is 2. The Balaban J connectivity index is 1.76. The van der Waals surface area contributed by atoms with Gasteiger partial charge in [-0.3, -0.25) is 0 Å². The zero-order valence-electron chi connectivity index (χ0n) is 15.1. The number of H-pyrrole nitrogens is 1. The number of aryl methyl sites for hydroxylation is 3. The maximum absolute atomic E-state index is 12.7. The fraction of sp³-hybridized carbons (Fsp3) is 0.200. The molecule has 27 heavy (non-hydrogen) atoms. The molecule has 142 valence electrons. The van der Waals surface area contributed by atoms with E-state index in [0.29, 0.717) is 5.69 Å². The van der Waals surface area contributed by atoms with Crippen molar-refractivity contribution < 1.29 is 16.8 Å². The monoisotopic (exact) mass is 403 g/mol. The summed E-state index contributed by atoms with van der Waals surface area (Å²) in [5, 5.41) is 0. The van der Waals surface area contributed by atoms with E-state index in [4.69, 9.17) is 0 Å². The molecule has 7 heteroatoms. The molecule has 2 aromatic carbocycles. The fourth-order valence-corrected chi connectivity index (χ4v) is 5.23. The Morgan fingerprint density at radius 1 is 0.741 bits per heavy atom. The van der Waals surface area contributed by atoms with E-state index in [-0.39, 0.29) is 26.9 Å². The lowest BCUT2D eigenvalue weighted by Crippen LogP contribution is -2.09. The molecule has 1 N–H and O–H groups in total. The molecule has 3 aromatic rings. The van der Waals surface area contributed by atoms with Gasteiger partial charge in [0.15, 0.2) is 9.84 Å². The molecule has 0 unspecified atom stereocenters. The number of hydrogen-bond acceptors (Lipinski definition) is 4. The predicted octanol–water partition coefficient (Wildman–Crippen LogP) is 3.48. The Bertz CT molecular complexity index is 1140. The number of nitrogens with one attached hydrogen (secondary N) is 1. The average molecular weight is 404 g/mol. The summed E-state index contributed by atoms with van der Waals surface area (Å²) >= 11 is 0. The van der Waals surface area contributed by atoms with Crippen molar-refractivity contribution in [3.63, 3.8) is 0 Å². The van der Waals surface area contributed by atoms with Crippen LogP contribution in [-0.2, 0) is 26.1 Å². The van der Waals surface area contributed by atoms with Crippen LogP contribution in [0.5, 0.6) is 0 Å². The second-order valence-corrected chi connectivity index (χ2v) is 10.6. The van der Waals surface area contributed by atoms with E-state index in [1.165, 1.54) is 12.3 Å². The summed E-state index contributed by atoms with van der Waals surface area (Å²) < 4.78 is 50.2. The van der Waals surface area contributed by atoms with Crippen molar-refractivity contribution in [2.24, 2.45) is 0 Å². The molecule has 0 amide bonds. The zero-order chi connectivity index (χ0) is 19.7. The van der Waals surface area contributed by atoms with Gasteiger partial charge in [-0.05, 0) is 44.2 Å². The molecule has 0 radical (unpaired) electrons.